The number of hydrogen-bond acceptors (Lipinski definition) is 4. The van der Waals surface area contributed by atoms with E-state index in [1.54, 1.807) is 12.5 Å². The smallest absolute Gasteiger partial charge is 0.224 e. The molecule has 3 aliphatic rings. The molecule has 0 saturated carbocycles. The first-order valence-corrected chi connectivity index (χ1v) is 11.6. The van der Waals surface area contributed by atoms with Crippen LogP contribution < -0.4 is 4.74 Å². The van der Waals surface area contributed by atoms with Gasteiger partial charge >= 0.3 is 0 Å². The zero-order valence-corrected chi connectivity index (χ0v) is 19.0. The van der Waals surface area contributed by atoms with Crippen LogP contribution in [0, 0.1) is 11.3 Å². The molecular weight excluding hydrogens is 414 g/mol. The van der Waals surface area contributed by atoms with Crippen LogP contribution in [-0.4, -0.2) is 45.7 Å². The van der Waals surface area contributed by atoms with E-state index in [-0.39, 0.29) is 28.9 Å². The van der Waals surface area contributed by atoms with E-state index in [1.807, 2.05) is 33.9 Å². The van der Waals surface area contributed by atoms with Crippen molar-refractivity contribution < 1.29 is 14.3 Å². The standard InChI is InChI=1S/C24H30ClN3O3/c1-23(2)19-14-24(15-30-22(19)18-13-17(25)3-4-20(18)31-23)6-10-28(11-7-24)21(29)5-9-27-12-8-26-16-27/h3-4,8,12-13,16,19,22H,5-7,9-11,14-15H2,1-2H3/t19-,22+/m1/s1. The lowest BCUT2D eigenvalue weighted by molar-refractivity contribution is -0.176. The first-order valence-electron chi connectivity index (χ1n) is 11.2. The molecule has 0 aliphatic carbocycles. The number of likely N-dealkylation sites (tertiary alicyclic amines) is 1. The maximum Gasteiger partial charge on any atom is 0.224 e. The molecule has 7 heteroatoms. The molecule has 0 unspecified atom stereocenters. The Kier molecular flexibility index (Phi) is 5.25. The minimum Gasteiger partial charge on any atom is -0.487 e. The van der Waals surface area contributed by atoms with Gasteiger partial charge in [-0.2, -0.15) is 0 Å². The highest BCUT2D eigenvalue weighted by Gasteiger charge is 2.52. The molecule has 2 aromatic rings. The van der Waals surface area contributed by atoms with Crippen molar-refractivity contribution in [3.63, 3.8) is 0 Å². The molecule has 4 heterocycles. The number of imidazole rings is 1. The highest BCUT2D eigenvalue weighted by molar-refractivity contribution is 6.30. The maximum absolute atomic E-state index is 12.7. The second kappa shape index (κ2) is 7.82. The Morgan fingerprint density at radius 1 is 1.29 bits per heavy atom. The van der Waals surface area contributed by atoms with Gasteiger partial charge in [0.1, 0.15) is 11.4 Å². The van der Waals surface area contributed by atoms with Gasteiger partial charge in [0.05, 0.1) is 19.0 Å². The summed E-state index contributed by atoms with van der Waals surface area (Å²) in [6.45, 7) is 7.34. The Hall–Kier alpha value is -2.05. The molecule has 166 valence electrons. The molecule has 0 bridgehead atoms. The first-order chi connectivity index (χ1) is 14.9. The third-order valence-electron chi connectivity index (χ3n) is 7.45. The molecule has 2 saturated heterocycles. The lowest BCUT2D eigenvalue weighted by Gasteiger charge is -2.54. The number of rotatable bonds is 3. The quantitative estimate of drug-likeness (QED) is 0.701. The molecule has 2 atom stereocenters. The van der Waals surface area contributed by atoms with Gasteiger partial charge in [0.2, 0.25) is 5.91 Å². The van der Waals surface area contributed by atoms with Gasteiger partial charge in [0.25, 0.3) is 0 Å². The fourth-order valence-electron chi connectivity index (χ4n) is 5.51. The monoisotopic (exact) mass is 443 g/mol. The summed E-state index contributed by atoms with van der Waals surface area (Å²) in [5.74, 6) is 1.36. The first kappa shape index (κ1) is 20.8. The van der Waals surface area contributed by atoms with E-state index < -0.39 is 0 Å². The number of hydrogen-bond donors (Lipinski definition) is 0. The molecule has 0 radical (unpaired) electrons. The Labute approximate surface area is 188 Å². The van der Waals surface area contributed by atoms with Gasteiger partial charge < -0.3 is 18.9 Å². The number of fused-ring (bicyclic) bond motifs is 3. The SMILES string of the molecule is CC1(C)Oc2ccc(Cl)cc2[C@@H]2OCC3(CCN(C(=O)CCn4ccnc4)CC3)C[C@H]21. The van der Waals surface area contributed by atoms with Crippen LogP contribution in [-0.2, 0) is 16.1 Å². The summed E-state index contributed by atoms with van der Waals surface area (Å²) >= 11 is 6.27. The molecule has 1 amide bonds. The lowest BCUT2D eigenvalue weighted by Crippen LogP contribution is -2.54. The van der Waals surface area contributed by atoms with Crippen LogP contribution in [0.25, 0.3) is 0 Å². The van der Waals surface area contributed by atoms with Crippen LogP contribution in [0.1, 0.15) is 51.2 Å². The van der Waals surface area contributed by atoms with Crippen LogP contribution in [0.3, 0.4) is 0 Å². The van der Waals surface area contributed by atoms with Gasteiger partial charge in [-0.3, -0.25) is 4.79 Å². The molecule has 5 rings (SSSR count). The summed E-state index contributed by atoms with van der Waals surface area (Å²) in [4.78, 5) is 18.8. The number of carbonyl (C=O) groups excluding carboxylic acids is 1. The molecule has 31 heavy (non-hydrogen) atoms. The van der Waals surface area contributed by atoms with Crippen molar-refractivity contribution in [2.45, 2.75) is 57.8 Å². The summed E-state index contributed by atoms with van der Waals surface area (Å²) in [6.07, 6.45) is 8.93. The maximum atomic E-state index is 12.7. The number of ether oxygens (including phenoxy) is 2. The number of aryl methyl sites for hydroxylation is 1. The van der Waals surface area contributed by atoms with Gasteiger partial charge in [-0.25, -0.2) is 4.98 Å². The number of amides is 1. The lowest BCUT2D eigenvalue weighted by atomic mass is 9.64. The summed E-state index contributed by atoms with van der Waals surface area (Å²) in [5, 5.41) is 0.715. The Morgan fingerprint density at radius 3 is 2.84 bits per heavy atom. The predicted molar refractivity (Wildman–Crippen MR) is 118 cm³/mol. The van der Waals surface area contributed by atoms with E-state index >= 15 is 0 Å². The summed E-state index contributed by atoms with van der Waals surface area (Å²) in [6, 6.07) is 5.82. The molecule has 0 N–H and O–H groups in total. The van der Waals surface area contributed by atoms with Crippen LogP contribution >= 0.6 is 11.6 Å². The van der Waals surface area contributed by atoms with Crippen molar-refractivity contribution in [1.29, 1.82) is 0 Å². The molecule has 1 aromatic heterocycles. The predicted octanol–water partition coefficient (Wildman–Crippen LogP) is 4.48. The van der Waals surface area contributed by atoms with Crippen LogP contribution in [0.2, 0.25) is 5.02 Å². The fraction of sp³-hybridized carbons (Fsp3) is 0.583. The molecule has 1 aromatic carbocycles. The average molecular weight is 444 g/mol. The van der Waals surface area contributed by atoms with Crippen molar-refractivity contribution in [2.24, 2.45) is 11.3 Å². The van der Waals surface area contributed by atoms with Crippen molar-refractivity contribution in [3.05, 3.63) is 47.5 Å². The van der Waals surface area contributed by atoms with E-state index in [0.717, 1.165) is 50.3 Å². The van der Waals surface area contributed by atoms with Gasteiger partial charge in [-0.1, -0.05) is 11.6 Å². The third kappa shape index (κ3) is 3.96. The minimum absolute atomic E-state index is 0.0120. The van der Waals surface area contributed by atoms with Gasteiger partial charge in [0.15, 0.2) is 0 Å². The second-order valence-electron chi connectivity index (χ2n) is 9.86. The van der Waals surface area contributed by atoms with E-state index in [1.165, 1.54) is 0 Å². The summed E-state index contributed by atoms with van der Waals surface area (Å²) in [7, 11) is 0. The van der Waals surface area contributed by atoms with Gasteiger partial charge in [-0.05, 0) is 56.7 Å². The minimum atomic E-state index is -0.309. The van der Waals surface area contributed by atoms with Gasteiger partial charge in [0, 0.05) is 55.0 Å². The second-order valence-corrected chi connectivity index (χ2v) is 10.3. The van der Waals surface area contributed by atoms with Crippen molar-refractivity contribution in [1.82, 2.24) is 14.5 Å². The summed E-state index contributed by atoms with van der Waals surface area (Å²) in [5.41, 5.74) is 0.870. The van der Waals surface area contributed by atoms with Crippen molar-refractivity contribution in [2.75, 3.05) is 19.7 Å². The Balaban J connectivity index is 1.25. The number of benzene rings is 1. The molecule has 2 fully saturated rings. The fourth-order valence-corrected chi connectivity index (χ4v) is 5.69. The van der Waals surface area contributed by atoms with Crippen LogP contribution in [0.15, 0.2) is 36.9 Å². The zero-order chi connectivity index (χ0) is 21.6. The molecular formula is C24H30ClN3O3. The highest BCUT2D eigenvalue weighted by atomic mass is 35.5. The normalized spacial score (nSPS) is 26.1. The Morgan fingerprint density at radius 2 is 2.10 bits per heavy atom. The molecule has 3 aliphatic heterocycles. The number of nitrogens with zero attached hydrogens (tertiary/aromatic N) is 3. The zero-order valence-electron chi connectivity index (χ0n) is 18.2. The summed E-state index contributed by atoms with van der Waals surface area (Å²) < 4.78 is 14.9. The van der Waals surface area contributed by atoms with Crippen molar-refractivity contribution >= 4 is 17.5 Å². The topological polar surface area (TPSA) is 56.6 Å². The molecule has 6 nitrogen and oxygen atoms in total. The highest BCUT2D eigenvalue weighted by Crippen LogP contribution is 2.55. The van der Waals surface area contributed by atoms with Gasteiger partial charge in [-0.15, -0.1) is 0 Å². The largest absolute Gasteiger partial charge is 0.487 e. The van der Waals surface area contributed by atoms with E-state index in [2.05, 4.69) is 18.8 Å². The Bertz CT molecular complexity index is 951. The number of piperidine rings is 1. The van der Waals surface area contributed by atoms with E-state index in [9.17, 15) is 4.79 Å². The van der Waals surface area contributed by atoms with E-state index in [4.69, 9.17) is 21.1 Å². The van der Waals surface area contributed by atoms with Crippen LogP contribution in [0.5, 0.6) is 5.75 Å². The van der Waals surface area contributed by atoms with Crippen LogP contribution in [0.4, 0.5) is 0 Å². The number of aromatic nitrogens is 2. The average Bonchev–Trinajstić information content (AvgIpc) is 3.27. The van der Waals surface area contributed by atoms with Crippen molar-refractivity contribution in [3.8, 4) is 5.75 Å². The third-order valence-corrected chi connectivity index (χ3v) is 7.69. The number of halogens is 1. The number of carbonyl (C=O) groups is 1. The van der Waals surface area contributed by atoms with E-state index in [0.29, 0.717) is 18.0 Å². The molecule has 1 spiro atoms.